The molecule has 1 aromatic heterocycles. The molecule has 2 heterocycles. The standard InChI is InChI=1S/C24H17ClF3N3O3/c25-15-10-16(24(26,27)28)22-18(11-15)30-23(31-22)29-17-8-4-5-9-19(17)33-21-13-32-12-20(34-21)14-6-2-1-3-7-14/h1-2,4-6,8-13H,3,7H2,(H2,29,30,31). The third-order valence-electron chi connectivity index (χ3n) is 5.09. The van der Waals surface area contributed by atoms with Crippen LogP contribution in [0.5, 0.6) is 5.75 Å². The van der Waals surface area contributed by atoms with Crippen molar-refractivity contribution >= 4 is 34.3 Å². The molecule has 0 amide bonds. The summed E-state index contributed by atoms with van der Waals surface area (Å²) in [6.07, 6.45) is 5.89. The number of halogens is 4. The molecule has 1 aliphatic carbocycles. The van der Waals surface area contributed by atoms with Crippen molar-refractivity contribution in [2.75, 3.05) is 5.32 Å². The lowest BCUT2D eigenvalue weighted by molar-refractivity contribution is -0.136. The number of anilines is 2. The number of hydrogen-bond donors (Lipinski definition) is 2. The fraction of sp³-hybridized carbons (Fsp3) is 0.125. The van der Waals surface area contributed by atoms with Crippen molar-refractivity contribution in [1.29, 1.82) is 0 Å². The topological polar surface area (TPSA) is 68.4 Å². The molecule has 0 unspecified atom stereocenters. The van der Waals surface area contributed by atoms with E-state index in [9.17, 15) is 13.2 Å². The van der Waals surface area contributed by atoms with Crippen LogP contribution in [0.15, 0.2) is 84.4 Å². The summed E-state index contributed by atoms with van der Waals surface area (Å²) in [4.78, 5) is 6.90. The van der Waals surface area contributed by atoms with Crippen LogP contribution < -0.4 is 10.1 Å². The first-order valence-electron chi connectivity index (χ1n) is 10.3. The molecule has 1 aliphatic heterocycles. The van der Waals surface area contributed by atoms with Gasteiger partial charge in [-0.15, -0.1) is 0 Å². The molecule has 34 heavy (non-hydrogen) atoms. The lowest BCUT2D eigenvalue weighted by atomic mass is 10.0. The van der Waals surface area contributed by atoms with Gasteiger partial charge in [0.25, 0.3) is 0 Å². The average Bonchev–Trinajstić information content (AvgIpc) is 3.22. The maximum absolute atomic E-state index is 13.4. The van der Waals surface area contributed by atoms with Crippen LogP contribution in [0.1, 0.15) is 18.4 Å². The highest BCUT2D eigenvalue weighted by Gasteiger charge is 2.34. The van der Waals surface area contributed by atoms with Gasteiger partial charge in [0.15, 0.2) is 17.8 Å². The van der Waals surface area contributed by atoms with Gasteiger partial charge >= 0.3 is 12.1 Å². The van der Waals surface area contributed by atoms with E-state index in [0.717, 1.165) is 24.5 Å². The van der Waals surface area contributed by atoms with Gasteiger partial charge in [0.1, 0.15) is 11.8 Å². The summed E-state index contributed by atoms with van der Waals surface area (Å²) in [6.45, 7) is 0. The number of rotatable bonds is 5. The highest BCUT2D eigenvalue weighted by atomic mass is 35.5. The van der Waals surface area contributed by atoms with E-state index in [-0.39, 0.29) is 27.9 Å². The Hall–Kier alpha value is -3.85. The van der Waals surface area contributed by atoms with E-state index in [2.05, 4.69) is 21.4 Å². The highest BCUT2D eigenvalue weighted by molar-refractivity contribution is 6.31. The van der Waals surface area contributed by atoms with E-state index in [1.165, 1.54) is 18.6 Å². The van der Waals surface area contributed by atoms with Crippen molar-refractivity contribution in [2.24, 2.45) is 0 Å². The van der Waals surface area contributed by atoms with E-state index in [4.69, 9.17) is 25.8 Å². The summed E-state index contributed by atoms with van der Waals surface area (Å²) in [6, 6.07) is 9.08. The largest absolute Gasteiger partial charge is 0.461 e. The maximum Gasteiger partial charge on any atom is 0.418 e. The summed E-state index contributed by atoms with van der Waals surface area (Å²) in [5.41, 5.74) is 0.408. The number of nitrogens with one attached hydrogen (secondary N) is 2. The molecule has 6 nitrogen and oxygen atoms in total. The van der Waals surface area contributed by atoms with E-state index in [0.29, 0.717) is 17.2 Å². The molecule has 174 valence electrons. The maximum atomic E-state index is 13.4. The monoisotopic (exact) mass is 487 g/mol. The number of allylic oxidation sites excluding steroid dienone is 4. The minimum absolute atomic E-state index is 0.0485. The number of H-pyrrole nitrogens is 1. The normalized spacial score (nSPS) is 15.7. The van der Waals surface area contributed by atoms with Gasteiger partial charge < -0.3 is 24.5 Å². The SMILES string of the molecule is FC(F)(F)c1cc(Cl)cc2[nH]c(Nc3ccccc3OC3=COC=C(C4=CC=CCC4)O3)nc12. The van der Waals surface area contributed by atoms with E-state index in [1.54, 1.807) is 24.3 Å². The average molecular weight is 488 g/mol. The van der Waals surface area contributed by atoms with Crippen LogP contribution in [-0.4, -0.2) is 9.97 Å². The number of aromatic nitrogens is 2. The minimum Gasteiger partial charge on any atom is -0.461 e. The Labute approximate surface area is 197 Å². The molecule has 5 rings (SSSR count). The van der Waals surface area contributed by atoms with Crippen LogP contribution in [0.25, 0.3) is 11.0 Å². The number of nitrogens with zero attached hydrogens (tertiary/aromatic N) is 1. The molecule has 0 spiro atoms. The van der Waals surface area contributed by atoms with Gasteiger partial charge in [-0.1, -0.05) is 42.0 Å². The molecule has 0 atom stereocenters. The molecule has 0 saturated carbocycles. The molecule has 2 N–H and O–H groups in total. The van der Waals surface area contributed by atoms with Gasteiger partial charge in [-0.3, -0.25) is 0 Å². The third-order valence-corrected chi connectivity index (χ3v) is 5.31. The van der Waals surface area contributed by atoms with Crippen molar-refractivity contribution in [3.63, 3.8) is 0 Å². The van der Waals surface area contributed by atoms with Gasteiger partial charge in [-0.25, -0.2) is 4.98 Å². The summed E-state index contributed by atoms with van der Waals surface area (Å²) in [5.74, 6) is 1.10. The van der Waals surface area contributed by atoms with Crippen LogP contribution in [0.2, 0.25) is 5.02 Å². The summed E-state index contributed by atoms with van der Waals surface area (Å²) in [5, 5.41) is 2.91. The number of para-hydroxylation sites is 2. The predicted octanol–water partition coefficient (Wildman–Crippen LogP) is 7.32. The second kappa shape index (κ2) is 8.83. The number of imidazole rings is 1. The number of hydrogen-bond acceptors (Lipinski definition) is 5. The Balaban J connectivity index is 1.38. The minimum atomic E-state index is -4.60. The van der Waals surface area contributed by atoms with Gasteiger partial charge in [0.05, 0.1) is 16.8 Å². The van der Waals surface area contributed by atoms with Gasteiger partial charge in [-0.05, 0) is 42.7 Å². The number of aromatic amines is 1. The lowest BCUT2D eigenvalue weighted by Gasteiger charge is -2.20. The first-order valence-corrected chi connectivity index (χ1v) is 10.6. The Bertz CT molecular complexity index is 1370. The highest BCUT2D eigenvalue weighted by Crippen LogP contribution is 2.37. The van der Waals surface area contributed by atoms with Crippen LogP contribution in [0.3, 0.4) is 0 Å². The van der Waals surface area contributed by atoms with Crippen LogP contribution in [-0.2, 0) is 15.7 Å². The van der Waals surface area contributed by atoms with Crippen LogP contribution in [0, 0.1) is 0 Å². The molecule has 3 aromatic rings. The molecule has 2 aliphatic rings. The van der Waals surface area contributed by atoms with E-state index >= 15 is 0 Å². The zero-order valence-electron chi connectivity index (χ0n) is 17.4. The molecular formula is C24H17ClF3N3O3. The molecule has 10 heteroatoms. The lowest BCUT2D eigenvalue weighted by Crippen LogP contribution is -2.09. The zero-order chi connectivity index (χ0) is 23.7. The molecule has 0 fully saturated rings. The van der Waals surface area contributed by atoms with E-state index in [1.807, 2.05) is 12.2 Å². The third kappa shape index (κ3) is 4.60. The number of ether oxygens (including phenoxy) is 3. The Morgan fingerprint density at radius 1 is 1.15 bits per heavy atom. The number of alkyl halides is 3. The van der Waals surface area contributed by atoms with Crippen molar-refractivity contribution in [1.82, 2.24) is 9.97 Å². The van der Waals surface area contributed by atoms with Gasteiger partial charge in [0, 0.05) is 5.02 Å². The predicted molar refractivity (Wildman–Crippen MR) is 121 cm³/mol. The summed E-state index contributed by atoms with van der Waals surface area (Å²) < 4.78 is 57.4. The van der Waals surface area contributed by atoms with Crippen molar-refractivity contribution < 1.29 is 27.4 Å². The molecular weight excluding hydrogens is 471 g/mol. The number of fused-ring (bicyclic) bond motifs is 1. The Morgan fingerprint density at radius 3 is 2.79 bits per heavy atom. The smallest absolute Gasteiger partial charge is 0.418 e. The molecule has 0 radical (unpaired) electrons. The molecule has 2 aromatic carbocycles. The second-order valence-electron chi connectivity index (χ2n) is 7.47. The summed E-state index contributed by atoms with van der Waals surface area (Å²) >= 11 is 5.87. The zero-order valence-corrected chi connectivity index (χ0v) is 18.2. The van der Waals surface area contributed by atoms with Crippen LogP contribution >= 0.6 is 11.6 Å². The number of benzene rings is 2. The Kier molecular flexibility index (Phi) is 5.70. The van der Waals surface area contributed by atoms with Crippen molar-refractivity contribution in [3.8, 4) is 5.75 Å². The second-order valence-corrected chi connectivity index (χ2v) is 7.91. The van der Waals surface area contributed by atoms with Crippen LogP contribution in [0.4, 0.5) is 24.8 Å². The van der Waals surface area contributed by atoms with Gasteiger partial charge in [-0.2, -0.15) is 13.2 Å². The first-order chi connectivity index (χ1) is 16.4. The summed E-state index contributed by atoms with van der Waals surface area (Å²) in [7, 11) is 0. The van der Waals surface area contributed by atoms with Crippen molar-refractivity contribution in [2.45, 2.75) is 19.0 Å². The molecule has 0 saturated heterocycles. The van der Waals surface area contributed by atoms with Gasteiger partial charge in [0.2, 0.25) is 5.95 Å². The quantitative estimate of drug-likeness (QED) is 0.394. The fourth-order valence-electron chi connectivity index (χ4n) is 3.55. The fourth-order valence-corrected chi connectivity index (χ4v) is 3.77. The van der Waals surface area contributed by atoms with Crippen molar-refractivity contribution in [3.05, 3.63) is 95.0 Å². The molecule has 0 bridgehead atoms. The first kappa shape index (κ1) is 22.0. The Morgan fingerprint density at radius 2 is 2.00 bits per heavy atom. The van der Waals surface area contributed by atoms with E-state index < -0.39 is 11.7 Å².